The number of anilines is 4. The van der Waals surface area contributed by atoms with Crippen molar-refractivity contribution in [3.8, 4) is 6.07 Å². The number of rotatable bonds is 7. The van der Waals surface area contributed by atoms with Crippen LogP contribution in [0.2, 0.25) is 0 Å². The van der Waals surface area contributed by atoms with Crippen LogP contribution in [0.3, 0.4) is 0 Å². The number of hydrogen-bond donors (Lipinski definition) is 3. The minimum Gasteiger partial charge on any atom is -0.357 e. The number of aryl methyl sites for hydroxylation is 3. The number of aromatic nitrogens is 3. The summed E-state index contributed by atoms with van der Waals surface area (Å²) in [5, 5.41) is 18.9. The fourth-order valence-electron chi connectivity index (χ4n) is 4.46. The molecule has 1 aliphatic rings. The van der Waals surface area contributed by atoms with Gasteiger partial charge in [-0.3, -0.25) is 4.90 Å². The molecule has 1 saturated heterocycles. The first-order valence-electron chi connectivity index (χ1n) is 11.7. The van der Waals surface area contributed by atoms with Gasteiger partial charge in [0.1, 0.15) is 0 Å². The minimum absolute atomic E-state index is 0.306. The molecule has 0 radical (unpaired) electrons. The van der Waals surface area contributed by atoms with Gasteiger partial charge in [-0.2, -0.15) is 20.2 Å². The van der Waals surface area contributed by atoms with Crippen LogP contribution in [0, 0.1) is 32.1 Å². The Morgan fingerprint density at radius 3 is 2.18 bits per heavy atom. The van der Waals surface area contributed by atoms with Gasteiger partial charge in [0.2, 0.25) is 17.8 Å². The largest absolute Gasteiger partial charge is 0.357 e. The smallest absolute Gasteiger partial charge is 0.233 e. The van der Waals surface area contributed by atoms with Gasteiger partial charge in [0, 0.05) is 38.4 Å². The Morgan fingerprint density at radius 2 is 1.56 bits per heavy atom. The van der Waals surface area contributed by atoms with E-state index in [1.54, 1.807) is 0 Å². The fraction of sp³-hybridized carbons (Fsp3) is 0.385. The van der Waals surface area contributed by atoms with Gasteiger partial charge < -0.3 is 16.0 Å². The quantitative estimate of drug-likeness (QED) is 0.477. The van der Waals surface area contributed by atoms with Crippen LogP contribution in [-0.2, 0) is 6.54 Å². The first kappa shape index (κ1) is 23.5. The van der Waals surface area contributed by atoms with E-state index in [4.69, 9.17) is 5.26 Å². The van der Waals surface area contributed by atoms with Crippen LogP contribution in [0.4, 0.5) is 23.5 Å². The van der Waals surface area contributed by atoms with Crippen LogP contribution in [0.25, 0.3) is 0 Å². The summed E-state index contributed by atoms with van der Waals surface area (Å²) in [6.07, 6.45) is 2.02. The van der Waals surface area contributed by atoms with Crippen molar-refractivity contribution in [1.29, 1.82) is 5.26 Å². The zero-order chi connectivity index (χ0) is 24.1. The second-order valence-corrected chi connectivity index (χ2v) is 8.96. The Balaban J connectivity index is 1.39. The van der Waals surface area contributed by atoms with E-state index in [0.717, 1.165) is 49.3 Å². The number of piperidine rings is 1. The van der Waals surface area contributed by atoms with E-state index in [2.05, 4.69) is 74.8 Å². The molecule has 0 unspecified atom stereocenters. The molecular formula is C26H32N8. The summed E-state index contributed by atoms with van der Waals surface area (Å²) in [5.74, 6) is 1.63. The minimum atomic E-state index is 0.306. The van der Waals surface area contributed by atoms with Gasteiger partial charge in [-0.25, -0.2) is 0 Å². The van der Waals surface area contributed by atoms with Crippen molar-refractivity contribution < 1.29 is 0 Å². The zero-order valence-electron chi connectivity index (χ0n) is 20.3. The molecule has 8 nitrogen and oxygen atoms in total. The van der Waals surface area contributed by atoms with Crippen LogP contribution in [0.15, 0.2) is 36.4 Å². The Hall–Kier alpha value is -3.70. The maximum absolute atomic E-state index is 8.97. The topological polar surface area (TPSA) is 102 Å². The van der Waals surface area contributed by atoms with Crippen molar-refractivity contribution >= 4 is 23.5 Å². The average molecular weight is 457 g/mol. The summed E-state index contributed by atoms with van der Waals surface area (Å²) in [6.45, 7) is 9.17. The van der Waals surface area contributed by atoms with Gasteiger partial charge in [-0.05, 0) is 62.4 Å². The number of benzene rings is 2. The second kappa shape index (κ2) is 10.5. The Labute approximate surface area is 201 Å². The van der Waals surface area contributed by atoms with Gasteiger partial charge in [0.25, 0.3) is 0 Å². The molecule has 176 valence electrons. The highest BCUT2D eigenvalue weighted by Gasteiger charge is 2.20. The van der Waals surface area contributed by atoms with Crippen LogP contribution in [0.5, 0.6) is 0 Å². The van der Waals surface area contributed by atoms with E-state index < -0.39 is 0 Å². The van der Waals surface area contributed by atoms with Crippen molar-refractivity contribution in [2.24, 2.45) is 0 Å². The molecule has 1 aromatic heterocycles. The van der Waals surface area contributed by atoms with E-state index in [0.29, 0.717) is 29.5 Å². The molecule has 0 atom stereocenters. The molecule has 3 aromatic rings. The molecular weight excluding hydrogens is 424 g/mol. The molecule has 0 amide bonds. The third kappa shape index (κ3) is 5.80. The lowest BCUT2D eigenvalue weighted by atomic mass is 10.0. The van der Waals surface area contributed by atoms with Crippen molar-refractivity contribution in [2.75, 3.05) is 36.1 Å². The van der Waals surface area contributed by atoms with E-state index in [-0.39, 0.29) is 0 Å². The fourth-order valence-corrected chi connectivity index (χ4v) is 4.46. The molecule has 1 aliphatic heterocycles. The summed E-state index contributed by atoms with van der Waals surface area (Å²) in [5.41, 5.74) is 6.52. The number of hydrogen-bond acceptors (Lipinski definition) is 8. The third-order valence-electron chi connectivity index (χ3n) is 6.18. The summed E-state index contributed by atoms with van der Waals surface area (Å²) in [4.78, 5) is 16.1. The number of nitrogens with zero attached hydrogens (tertiary/aromatic N) is 5. The molecule has 4 rings (SSSR count). The standard InChI is InChI=1S/C26H32N8/c1-17-13-18(2)23(19(3)14-17)30-26-32-24(28-4)31-25(33-26)29-22-9-11-34(12-10-22)16-21-7-5-20(15-27)6-8-21/h5-8,13-14,22H,9-12,16H2,1-4H3,(H3,28,29,30,31,32,33). The monoisotopic (exact) mass is 456 g/mol. The SMILES string of the molecule is CNc1nc(Nc2c(C)cc(C)cc2C)nc(NC2CCN(Cc3ccc(C#N)cc3)CC2)n1. The first-order valence-corrected chi connectivity index (χ1v) is 11.7. The third-order valence-corrected chi connectivity index (χ3v) is 6.18. The summed E-state index contributed by atoms with van der Waals surface area (Å²) in [7, 11) is 1.81. The van der Waals surface area contributed by atoms with Gasteiger partial charge >= 0.3 is 0 Å². The molecule has 2 aromatic carbocycles. The maximum Gasteiger partial charge on any atom is 0.233 e. The van der Waals surface area contributed by atoms with Crippen molar-refractivity contribution in [2.45, 2.75) is 46.2 Å². The van der Waals surface area contributed by atoms with E-state index in [1.165, 1.54) is 11.1 Å². The van der Waals surface area contributed by atoms with Gasteiger partial charge in [-0.15, -0.1) is 0 Å². The molecule has 2 heterocycles. The Bertz CT molecular complexity index is 1150. The van der Waals surface area contributed by atoms with E-state index >= 15 is 0 Å². The molecule has 0 spiro atoms. The van der Waals surface area contributed by atoms with E-state index in [1.807, 2.05) is 31.3 Å². The van der Waals surface area contributed by atoms with Crippen molar-refractivity contribution in [1.82, 2.24) is 19.9 Å². The molecule has 0 bridgehead atoms. The van der Waals surface area contributed by atoms with Crippen LogP contribution >= 0.6 is 0 Å². The molecule has 0 saturated carbocycles. The predicted octanol–water partition coefficient (Wildman–Crippen LogP) is 4.53. The number of nitriles is 1. The molecule has 0 aliphatic carbocycles. The van der Waals surface area contributed by atoms with Crippen molar-refractivity contribution in [3.05, 3.63) is 64.2 Å². The van der Waals surface area contributed by atoms with Crippen LogP contribution in [0.1, 0.15) is 40.7 Å². The highest BCUT2D eigenvalue weighted by molar-refractivity contribution is 5.64. The Kier molecular flexibility index (Phi) is 7.24. The highest BCUT2D eigenvalue weighted by Crippen LogP contribution is 2.25. The Morgan fingerprint density at radius 1 is 0.941 bits per heavy atom. The molecule has 3 N–H and O–H groups in total. The van der Waals surface area contributed by atoms with Crippen molar-refractivity contribution in [3.63, 3.8) is 0 Å². The average Bonchev–Trinajstić information content (AvgIpc) is 2.83. The van der Waals surface area contributed by atoms with Crippen LogP contribution < -0.4 is 16.0 Å². The summed E-state index contributed by atoms with van der Waals surface area (Å²) in [6, 6.07) is 14.6. The van der Waals surface area contributed by atoms with Crippen LogP contribution in [-0.4, -0.2) is 46.0 Å². The second-order valence-electron chi connectivity index (χ2n) is 8.96. The lowest BCUT2D eigenvalue weighted by Gasteiger charge is -2.32. The number of likely N-dealkylation sites (tertiary alicyclic amines) is 1. The molecule has 8 heteroatoms. The normalized spacial score (nSPS) is 14.4. The molecule has 34 heavy (non-hydrogen) atoms. The predicted molar refractivity (Wildman–Crippen MR) is 136 cm³/mol. The van der Waals surface area contributed by atoms with E-state index in [9.17, 15) is 0 Å². The molecule has 1 fully saturated rings. The zero-order valence-corrected chi connectivity index (χ0v) is 20.3. The van der Waals surface area contributed by atoms with Gasteiger partial charge in [0.05, 0.1) is 11.6 Å². The summed E-state index contributed by atoms with van der Waals surface area (Å²) >= 11 is 0. The lowest BCUT2D eigenvalue weighted by Crippen LogP contribution is -2.39. The van der Waals surface area contributed by atoms with Gasteiger partial charge in [-0.1, -0.05) is 29.8 Å². The lowest BCUT2D eigenvalue weighted by molar-refractivity contribution is 0.211. The number of nitrogens with one attached hydrogen (secondary N) is 3. The first-order chi connectivity index (χ1) is 16.4. The maximum atomic E-state index is 8.97. The summed E-state index contributed by atoms with van der Waals surface area (Å²) < 4.78 is 0. The van der Waals surface area contributed by atoms with Gasteiger partial charge in [0.15, 0.2) is 0 Å². The highest BCUT2D eigenvalue weighted by atomic mass is 15.3.